The fraction of sp³-hybridized carbons (Fsp3) is 0.429. The molecule has 286 valence electrons. The van der Waals surface area contributed by atoms with Gasteiger partial charge in [0.15, 0.2) is 46.0 Å². The molecule has 0 spiro atoms. The van der Waals surface area contributed by atoms with Crippen molar-refractivity contribution in [2.75, 3.05) is 83.7 Å². The third kappa shape index (κ3) is 5.57. The zero-order valence-corrected chi connectivity index (χ0v) is 32.5. The van der Waals surface area contributed by atoms with Crippen LogP contribution in [-0.4, -0.2) is 93.5 Å². The van der Waals surface area contributed by atoms with Gasteiger partial charge in [0.1, 0.15) is 0 Å². The van der Waals surface area contributed by atoms with Crippen LogP contribution in [0.3, 0.4) is 0 Å². The van der Waals surface area contributed by atoms with E-state index >= 15 is 0 Å². The number of nitrogens with zero attached hydrogens (tertiary/aromatic N) is 2. The summed E-state index contributed by atoms with van der Waals surface area (Å²) < 4.78 is 60.1. The number of hydrogen-bond acceptors (Lipinski definition) is 12. The molecule has 0 unspecified atom stereocenters. The van der Waals surface area contributed by atoms with Crippen LogP contribution in [0.1, 0.15) is 45.5 Å². The van der Waals surface area contributed by atoms with Gasteiger partial charge in [-0.05, 0) is 97.9 Å². The first kappa shape index (κ1) is 35.8. The van der Waals surface area contributed by atoms with Crippen LogP contribution in [0.15, 0.2) is 30.3 Å². The van der Waals surface area contributed by atoms with Gasteiger partial charge in [0.25, 0.3) is 0 Å². The molecule has 4 aliphatic rings. The highest BCUT2D eigenvalue weighted by molar-refractivity contribution is 5.87. The van der Waals surface area contributed by atoms with Gasteiger partial charge in [-0.25, -0.2) is 0 Å². The van der Waals surface area contributed by atoms with Crippen molar-refractivity contribution in [1.29, 1.82) is 0 Å². The lowest BCUT2D eigenvalue weighted by atomic mass is 9.76. The van der Waals surface area contributed by atoms with Crippen molar-refractivity contribution in [1.82, 2.24) is 9.80 Å². The molecule has 4 aromatic carbocycles. The average molecular weight is 741 g/mol. The Bertz CT molecular complexity index is 2120. The topological polar surface area (TPSA) is 98.8 Å². The minimum absolute atomic E-state index is 0.0319. The summed E-state index contributed by atoms with van der Waals surface area (Å²) in [5.41, 5.74) is 8.78. The van der Waals surface area contributed by atoms with Gasteiger partial charge in [0.05, 0.1) is 49.8 Å². The Morgan fingerprint density at radius 2 is 1.28 bits per heavy atom. The van der Waals surface area contributed by atoms with Gasteiger partial charge in [-0.1, -0.05) is 0 Å². The predicted molar refractivity (Wildman–Crippen MR) is 202 cm³/mol. The fourth-order valence-electron chi connectivity index (χ4n) is 8.89. The Kier molecular flexibility index (Phi) is 9.43. The summed E-state index contributed by atoms with van der Waals surface area (Å²) in [5, 5.41) is 0. The molecule has 0 fully saturated rings. The molecule has 0 aromatic heterocycles. The first-order chi connectivity index (χ1) is 26.3. The number of benzene rings is 4. The molecule has 0 saturated carbocycles. The Morgan fingerprint density at radius 3 is 1.98 bits per heavy atom. The van der Waals surface area contributed by atoms with Crippen molar-refractivity contribution >= 4 is 0 Å². The van der Waals surface area contributed by atoms with Crippen LogP contribution >= 0.6 is 0 Å². The fourth-order valence-corrected chi connectivity index (χ4v) is 8.89. The van der Waals surface area contributed by atoms with Crippen molar-refractivity contribution in [2.45, 2.75) is 37.8 Å². The number of ether oxygens (including phenoxy) is 10. The molecule has 0 radical (unpaired) electrons. The summed E-state index contributed by atoms with van der Waals surface area (Å²) >= 11 is 0. The monoisotopic (exact) mass is 740 g/mol. The van der Waals surface area contributed by atoms with Gasteiger partial charge in [0.2, 0.25) is 24.0 Å². The van der Waals surface area contributed by atoms with Gasteiger partial charge in [0, 0.05) is 41.9 Å². The zero-order chi connectivity index (χ0) is 37.8. The number of rotatable bonds is 11. The normalized spacial score (nSPS) is 18.2. The second kappa shape index (κ2) is 14.2. The van der Waals surface area contributed by atoms with Gasteiger partial charge in [-0.15, -0.1) is 0 Å². The van der Waals surface area contributed by atoms with Crippen LogP contribution in [-0.2, 0) is 25.7 Å². The van der Waals surface area contributed by atoms with Crippen LogP contribution < -0.4 is 47.4 Å². The van der Waals surface area contributed by atoms with Crippen LogP contribution in [0.5, 0.6) is 63.2 Å². The van der Waals surface area contributed by atoms with E-state index in [1.54, 1.807) is 49.8 Å². The van der Waals surface area contributed by atoms with E-state index in [1.807, 2.05) is 18.2 Å². The lowest BCUT2D eigenvalue weighted by Crippen LogP contribution is -2.36. The molecule has 4 aromatic rings. The summed E-state index contributed by atoms with van der Waals surface area (Å²) in [6.07, 6.45) is 3.12. The Balaban J connectivity index is 1.21. The molecule has 0 amide bonds. The second-order valence-electron chi connectivity index (χ2n) is 14.1. The van der Waals surface area contributed by atoms with E-state index in [9.17, 15) is 0 Å². The molecule has 0 N–H and O–H groups in total. The molecule has 8 rings (SSSR count). The molecule has 12 heteroatoms. The number of fused-ring (bicyclic) bond motifs is 5. The number of methoxy groups -OCH3 is 7. The van der Waals surface area contributed by atoms with E-state index in [0.717, 1.165) is 82.8 Å². The molecule has 3 aliphatic heterocycles. The largest absolute Gasteiger partial charge is 0.493 e. The molecule has 0 bridgehead atoms. The first-order valence-corrected chi connectivity index (χ1v) is 18.2. The second-order valence-corrected chi connectivity index (χ2v) is 14.1. The average Bonchev–Trinajstić information content (AvgIpc) is 3.69. The van der Waals surface area contributed by atoms with E-state index in [1.165, 1.54) is 5.56 Å². The van der Waals surface area contributed by atoms with Gasteiger partial charge in [-0.2, -0.15) is 0 Å². The lowest BCUT2D eigenvalue weighted by Gasteiger charge is -2.41. The maximum atomic E-state index is 6.82. The van der Waals surface area contributed by atoms with Crippen molar-refractivity contribution in [3.8, 4) is 74.4 Å². The molecule has 2 atom stereocenters. The molecular weight excluding hydrogens is 692 g/mol. The van der Waals surface area contributed by atoms with Crippen molar-refractivity contribution < 1.29 is 47.4 Å². The Labute approximate surface area is 316 Å². The minimum Gasteiger partial charge on any atom is -0.493 e. The Morgan fingerprint density at radius 1 is 0.611 bits per heavy atom. The third-order valence-electron chi connectivity index (χ3n) is 11.5. The van der Waals surface area contributed by atoms with E-state index < -0.39 is 0 Å². The standard InChI is InChI=1S/C42H48N2O10/c1-43-12-10-24-27(20-33(47-5)40-38(24)52-21-53-40)28(43)14-22-15-32(46-4)39(49-7)34(16-22)54-31-18-23-17-29-35-25(11-13-44(29)2)37(48-6)42(51-9)41(50-8)36(35)26(23)19-30(31)45-3/h15-16,18-20,28-29H,10-14,17,21H2,1-9H3/t28-,29-/m1/s1. The first-order valence-electron chi connectivity index (χ1n) is 18.2. The third-order valence-corrected chi connectivity index (χ3v) is 11.5. The van der Waals surface area contributed by atoms with Crippen LogP contribution in [0.25, 0.3) is 11.1 Å². The molecule has 1 aliphatic carbocycles. The van der Waals surface area contributed by atoms with Crippen LogP contribution in [0.2, 0.25) is 0 Å². The van der Waals surface area contributed by atoms with Gasteiger partial charge < -0.3 is 47.4 Å². The van der Waals surface area contributed by atoms with Crippen LogP contribution in [0.4, 0.5) is 0 Å². The van der Waals surface area contributed by atoms with E-state index in [-0.39, 0.29) is 18.9 Å². The predicted octanol–water partition coefficient (Wildman–Crippen LogP) is 6.79. The summed E-state index contributed by atoms with van der Waals surface area (Å²) in [6, 6.07) is 10.4. The van der Waals surface area contributed by atoms with E-state index in [4.69, 9.17) is 47.4 Å². The quantitative estimate of drug-likeness (QED) is 0.162. The summed E-state index contributed by atoms with van der Waals surface area (Å²) in [4.78, 5) is 4.75. The Hall–Kier alpha value is -5.20. The zero-order valence-electron chi connectivity index (χ0n) is 32.5. The van der Waals surface area contributed by atoms with E-state index in [2.05, 4.69) is 36.0 Å². The van der Waals surface area contributed by atoms with Crippen molar-refractivity contribution in [3.05, 3.63) is 63.7 Å². The highest BCUT2D eigenvalue weighted by Crippen LogP contribution is 2.58. The van der Waals surface area contributed by atoms with E-state index in [0.29, 0.717) is 58.2 Å². The summed E-state index contributed by atoms with van der Waals surface area (Å²) in [6.45, 7) is 1.94. The maximum absolute atomic E-state index is 6.82. The molecule has 12 nitrogen and oxygen atoms in total. The molecule has 0 saturated heterocycles. The van der Waals surface area contributed by atoms with Crippen LogP contribution in [0, 0.1) is 0 Å². The number of hydrogen-bond donors (Lipinski definition) is 0. The minimum atomic E-state index is 0.0319. The maximum Gasteiger partial charge on any atom is 0.231 e. The summed E-state index contributed by atoms with van der Waals surface area (Å²) in [7, 11) is 15.9. The molecule has 54 heavy (non-hydrogen) atoms. The van der Waals surface area contributed by atoms with Gasteiger partial charge >= 0.3 is 0 Å². The lowest BCUT2D eigenvalue weighted by molar-refractivity contribution is 0.169. The van der Waals surface area contributed by atoms with Crippen molar-refractivity contribution in [3.63, 3.8) is 0 Å². The molecular formula is C42H48N2O10. The SMILES string of the molecule is COc1cc2c(cc1Oc1cc(C[C@@H]3c4cc(OC)c5c(c4CCN3C)OCO5)cc(OC)c1OC)C[C@@H]1c3c(c(OC)c(OC)c(OC)c3-2)CCN1C. The van der Waals surface area contributed by atoms with Gasteiger partial charge in [-0.3, -0.25) is 9.80 Å². The smallest absolute Gasteiger partial charge is 0.231 e. The highest BCUT2D eigenvalue weighted by Gasteiger charge is 2.40. The van der Waals surface area contributed by atoms with Crippen molar-refractivity contribution in [2.24, 2.45) is 0 Å². The summed E-state index contributed by atoms with van der Waals surface area (Å²) in [5.74, 6) is 6.80. The molecule has 3 heterocycles. The number of likely N-dealkylation sites (N-methyl/N-ethyl adjacent to an activating group) is 2. The highest BCUT2D eigenvalue weighted by atomic mass is 16.7.